The van der Waals surface area contributed by atoms with Crippen LogP contribution in [0.2, 0.25) is 0 Å². The number of nitrogens with zero attached hydrogens (tertiary/aromatic N) is 3. The van der Waals surface area contributed by atoms with Crippen molar-refractivity contribution in [1.82, 2.24) is 14.7 Å². The summed E-state index contributed by atoms with van der Waals surface area (Å²) in [7, 11) is 1.67. The largest absolute Gasteiger partial charge is 0.496 e. The van der Waals surface area contributed by atoms with Gasteiger partial charge >= 0.3 is 6.03 Å². The van der Waals surface area contributed by atoms with Crippen molar-refractivity contribution in [1.29, 1.82) is 0 Å². The van der Waals surface area contributed by atoms with E-state index in [0.717, 1.165) is 61.5 Å². The molecule has 7 heteroatoms. The van der Waals surface area contributed by atoms with Crippen molar-refractivity contribution >= 4 is 23.7 Å². The number of rotatable bonds is 12. The van der Waals surface area contributed by atoms with Gasteiger partial charge in [-0.1, -0.05) is 68.3 Å². The summed E-state index contributed by atoms with van der Waals surface area (Å²) in [5, 5.41) is 3.03. The number of hydrogen-bond acceptors (Lipinski definition) is 4. The summed E-state index contributed by atoms with van der Waals surface area (Å²) >= 11 is 0. The fraction of sp³-hybridized carbons (Fsp3) is 0.467. The number of methoxy groups -OCH3 is 1. The molecule has 0 radical (unpaired) electrons. The van der Waals surface area contributed by atoms with E-state index in [1.807, 2.05) is 77.4 Å². The monoisotopic (exact) mass is 506 g/mol. The van der Waals surface area contributed by atoms with Gasteiger partial charge in [0, 0.05) is 63.5 Å². The number of ether oxygens (including phenoxy) is 1. The summed E-state index contributed by atoms with van der Waals surface area (Å²) in [5.74, 6) is 1.03. The van der Waals surface area contributed by atoms with E-state index in [9.17, 15) is 9.59 Å². The first-order chi connectivity index (χ1) is 18.0. The van der Waals surface area contributed by atoms with E-state index in [2.05, 4.69) is 17.1 Å². The molecule has 37 heavy (non-hydrogen) atoms. The number of carbonyl (C=O) groups excluding carboxylic acids is 2. The lowest BCUT2D eigenvalue weighted by atomic mass is 10.1. The minimum atomic E-state index is -0.0526. The molecule has 1 fully saturated rings. The van der Waals surface area contributed by atoms with Crippen molar-refractivity contribution in [3.8, 4) is 5.75 Å². The van der Waals surface area contributed by atoms with Gasteiger partial charge in [0.05, 0.1) is 7.11 Å². The lowest BCUT2D eigenvalue weighted by Crippen LogP contribution is -2.51. The maximum absolute atomic E-state index is 13.0. The minimum absolute atomic E-state index is 0.0526. The Morgan fingerprint density at radius 1 is 1.03 bits per heavy atom. The second-order valence-corrected chi connectivity index (χ2v) is 9.51. The standard InChI is InChI=1S/C30H42N4O3/c1-4-5-6-17-29(35)33(18-11-14-26-13-8-10-16-28(26)37-3)22-19-32-20-23-34(24-21-32)30(36)31-27-15-9-7-12-25(27)2/h7-16H,4-6,17-24H2,1-3H3,(H,31,36). The maximum Gasteiger partial charge on any atom is 0.321 e. The number of benzene rings is 2. The summed E-state index contributed by atoms with van der Waals surface area (Å²) in [6.07, 6.45) is 7.76. The number of nitrogens with one attached hydrogen (secondary N) is 1. The molecule has 1 aliphatic heterocycles. The molecule has 0 spiro atoms. The molecular formula is C30H42N4O3. The van der Waals surface area contributed by atoms with E-state index in [4.69, 9.17) is 4.74 Å². The van der Waals surface area contributed by atoms with Gasteiger partial charge in [0.2, 0.25) is 5.91 Å². The Kier molecular flexibility index (Phi) is 11.5. The molecule has 1 saturated heterocycles. The van der Waals surface area contributed by atoms with Crippen molar-refractivity contribution in [2.24, 2.45) is 0 Å². The number of carbonyl (C=O) groups is 2. The first-order valence-electron chi connectivity index (χ1n) is 13.4. The van der Waals surface area contributed by atoms with E-state index in [0.29, 0.717) is 32.6 Å². The predicted octanol–water partition coefficient (Wildman–Crippen LogP) is 5.28. The average molecular weight is 507 g/mol. The summed E-state index contributed by atoms with van der Waals surface area (Å²) in [5.41, 5.74) is 2.91. The molecule has 1 aliphatic rings. The minimum Gasteiger partial charge on any atom is -0.496 e. The van der Waals surface area contributed by atoms with E-state index in [1.54, 1.807) is 7.11 Å². The summed E-state index contributed by atoms with van der Waals surface area (Å²) in [4.78, 5) is 31.9. The third-order valence-electron chi connectivity index (χ3n) is 6.84. The van der Waals surface area contributed by atoms with Gasteiger partial charge in [-0.15, -0.1) is 0 Å². The number of piperazine rings is 1. The van der Waals surface area contributed by atoms with Crippen LogP contribution in [0.1, 0.15) is 43.7 Å². The van der Waals surface area contributed by atoms with Gasteiger partial charge in [-0.25, -0.2) is 4.79 Å². The molecule has 0 atom stereocenters. The van der Waals surface area contributed by atoms with E-state index in [-0.39, 0.29) is 11.9 Å². The fourth-order valence-corrected chi connectivity index (χ4v) is 4.46. The van der Waals surface area contributed by atoms with E-state index < -0.39 is 0 Å². The molecule has 2 aromatic carbocycles. The number of unbranched alkanes of at least 4 members (excludes halogenated alkanes) is 2. The zero-order valence-corrected chi connectivity index (χ0v) is 22.6. The molecule has 2 aromatic rings. The predicted molar refractivity (Wildman–Crippen MR) is 151 cm³/mol. The van der Waals surface area contributed by atoms with Crippen LogP contribution < -0.4 is 10.1 Å². The SMILES string of the molecule is CCCCCC(=O)N(CC=Cc1ccccc1OC)CCN1CCN(C(=O)Nc2ccccc2C)CC1. The molecular weight excluding hydrogens is 464 g/mol. The topological polar surface area (TPSA) is 65.1 Å². The van der Waals surface area contributed by atoms with Crippen LogP contribution in [0.5, 0.6) is 5.75 Å². The first-order valence-corrected chi connectivity index (χ1v) is 13.4. The Bertz CT molecular complexity index is 1030. The summed E-state index contributed by atoms with van der Waals surface area (Å²) < 4.78 is 5.44. The highest BCUT2D eigenvalue weighted by Crippen LogP contribution is 2.19. The highest BCUT2D eigenvalue weighted by Gasteiger charge is 2.22. The molecule has 7 nitrogen and oxygen atoms in total. The van der Waals surface area contributed by atoms with Gasteiger partial charge < -0.3 is 19.9 Å². The molecule has 0 aromatic heterocycles. The van der Waals surface area contributed by atoms with Gasteiger partial charge in [0.1, 0.15) is 5.75 Å². The van der Waals surface area contributed by atoms with Gasteiger partial charge in [0.25, 0.3) is 0 Å². The highest BCUT2D eigenvalue weighted by molar-refractivity contribution is 5.90. The number of hydrogen-bond donors (Lipinski definition) is 1. The van der Waals surface area contributed by atoms with Crippen LogP contribution in [0.4, 0.5) is 10.5 Å². The maximum atomic E-state index is 13.0. The zero-order valence-electron chi connectivity index (χ0n) is 22.6. The van der Waals surface area contributed by atoms with Crippen LogP contribution in [0.15, 0.2) is 54.6 Å². The highest BCUT2D eigenvalue weighted by atomic mass is 16.5. The van der Waals surface area contributed by atoms with Gasteiger partial charge in [0.15, 0.2) is 0 Å². The normalized spacial score (nSPS) is 14.1. The van der Waals surface area contributed by atoms with Crippen LogP contribution >= 0.6 is 0 Å². The van der Waals surface area contributed by atoms with E-state index >= 15 is 0 Å². The third kappa shape index (κ3) is 8.93. The molecule has 1 N–H and O–H groups in total. The number of amides is 3. The molecule has 200 valence electrons. The van der Waals surface area contributed by atoms with Crippen LogP contribution in [0.25, 0.3) is 6.08 Å². The van der Waals surface area contributed by atoms with E-state index in [1.165, 1.54) is 0 Å². The second kappa shape index (κ2) is 15.1. The molecule has 0 unspecified atom stereocenters. The van der Waals surface area contributed by atoms with Crippen molar-refractivity contribution in [2.75, 3.05) is 58.2 Å². The average Bonchev–Trinajstić information content (AvgIpc) is 2.92. The molecule has 0 bridgehead atoms. The Morgan fingerprint density at radius 3 is 2.49 bits per heavy atom. The van der Waals surface area contributed by atoms with Crippen LogP contribution in [-0.4, -0.2) is 79.6 Å². The number of urea groups is 1. The second-order valence-electron chi connectivity index (χ2n) is 9.51. The van der Waals surface area contributed by atoms with Gasteiger partial charge in [-0.05, 0) is 31.0 Å². The van der Waals surface area contributed by atoms with Crippen molar-refractivity contribution < 1.29 is 14.3 Å². The molecule has 3 rings (SSSR count). The molecule has 3 amide bonds. The van der Waals surface area contributed by atoms with Gasteiger partial charge in [-0.2, -0.15) is 0 Å². The van der Waals surface area contributed by atoms with Crippen LogP contribution in [-0.2, 0) is 4.79 Å². The molecule has 1 heterocycles. The Morgan fingerprint density at radius 2 is 1.76 bits per heavy atom. The van der Waals surface area contributed by atoms with Crippen LogP contribution in [0.3, 0.4) is 0 Å². The number of aryl methyl sites for hydroxylation is 1. The van der Waals surface area contributed by atoms with Crippen LogP contribution in [0, 0.1) is 6.92 Å². The lowest BCUT2D eigenvalue weighted by molar-refractivity contribution is -0.131. The Labute approximate surface area is 222 Å². The Hall–Kier alpha value is -3.32. The number of anilines is 1. The zero-order chi connectivity index (χ0) is 26.5. The number of para-hydroxylation sites is 2. The first kappa shape index (κ1) is 28.3. The smallest absolute Gasteiger partial charge is 0.321 e. The van der Waals surface area contributed by atoms with Crippen molar-refractivity contribution in [3.63, 3.8) is 0 Å². The quantitative estimate of drug-likeness (QED) is 0.398. The molecule has 0 aliphatic carbocycles. The third-order valence-corrected chi connectivity index (χ3v) is 6.84. The summed E-state index contributed by atoms with van der Waals surface area (Å²) in [6.45, 7) is 9.15. The van der Waals surface area contributed by atoms with Gasteiger partial charge in [-0.3, -0.25) is 9.69 Å². The lowest BCUT2D eigenvalue weighted by Gasteiger charge is -2.35. The van der Waals surface area contributed by atoms with Crippen molar-refractivity contribution in [3.05, 3.63) is 65.7 Å². The van der Waals surface area contributed by atoms with Crippen molar-refractivity contribution in [2.45, 2.75) is 39.5 Å². The fourth-order valence-electron chi connectivity index (χ4n) is 4.46. The Balaban J connectivity index is 1.51. The molecule has 0 saturated carbocycles. The summed E-state index contributed by atoms with van der Waals surface area (Å²) in [6, 6.07) is 15.7.